The van der Waals surface area contributed by atoms with Crippen LogP contribution in [0, 0.1) is 6.92 Å². The van der Waals surface area contributed by atoms with Crippen LogP contribution in [0.1, 0.15) is 18.9 Å². The van der Waals surface area contributed by atoms with Gasteiger partial charge < -0.3 is 11.1 Å². The number of sulfonamides is 1. The molecule has 0 aliphatic rings. The maximum absolute atomic E-state index is 12.9. The first-order valence-corrected chi connectivity index (χ1v) is 12.1. The summed E-state index contributed by atoms with van der Waals surface area (Å²) in [5.41, 5.74) is 7.77. The predicted octanol–water partition coefficient (Wildman–Crippen LogP) is 2.28. The first-order valence-electron chi connectivity index (χ1n) is 9.65. The van der Waals surface area contributed by atoms with Crippen LogP contribution >= 0.6 is 11.8 Å². The van der Waals surface area contributed by atoms with Gasteiger partial charge in [0.2, 0.25) is 15.9 Å². The molecule has 0 fully saturated rings. The number of carbonyl (C=O) groups is 1. The van der Waals surface area contributed by atoms with Gasteiger partial charge in [0.1, 0.15) is 5.82 Å². The molecule has 5 N–H and O–H groups in total. The molecule has 1 atom stereocenters. The highest BCUT2D eigenvalue weighted by Gasteiger charge is 2.22. The molecule has 1 aromatic heterocycles. The molecule has 0 radical (unpaired) electrons. The number of hydrogen-bond acceptors (Lipinski definition) is 7. The van der Waals surface area contributed by atoms with Crippen LogP contribution in [0.5, 0.6) is 0 Å². The summed E-state index contributed by atoms with van der Waals surface area (Å²) in [5, 5.41) is 7.56. The third kappa shape index (κ3) is 5.55. The number of benzene rings is 2. The molecule has 2 aromatic carbocycles. The number of aryl methyl sites for hydroxylation is 1. The molecule has 0 aliphatic carbocycles. The Morgan fingerprint density at radius 1 is 1.19 bits per heavy atom. The number of carbonyl (C=O) groups excluding carboxylic acids is 1. The lowest BCUT2D eigenvalue weighted by Crippen LogP contribution is -2.26. The van der Waals surface area contributed by atoms with Gasteiger partial charge in [0, 0.05) is 17.4 Å². The van der Waals surface area contributed by atoms with Gasteiger partial charge in [0.15, 0.2) is 5.16 Å². The third-order valence-electron chi connectivity index (χ3n) is 4.55. The number of nitrogens with two attached hydrogens (primary N) is 2. The van der Waals surface area contributed by atoms with Gasteiger partial charge in [-0.1, -0.05) is 30.8 Å². The highest BCUT2D eigenvalue weighted by molar-refractivity contribution is 8.00. The average Bonchev–Trinajstić information content (AvgIpc) is 2.71. The maximum Gasteiger partial charge on any atom is 0.275 e. The zero-order valence-corrected chi connectivity index (χ0v) is 19.1. The number of anilines is 2. The summed E-state index contributed by atoms with van der Waals surface area (Å²) in [5.74, 6) is -0.111. The molecule has 0 bridgehead atoms. The summed E-state index contributed by atoms with van der Waals surface area (Å²) in [6.45, 7) is 3.77. The highest BCUT2D eigenvalue weighted by atomic mass is 32.2. The van der Waals surface area contributed by atoms with Gasteiger partial charge in [0.05, 0.1) is 10.1 Å². The number of rotatable bonds is 7. The van der Waals surface area contributed by atoms with Crippen LogP contribution in [0.3, 0.4) is 0 Å². The second-order valence-corrected chi connectivity index (χ2v) is 9.78. The SMILES string of the molecule is CC[C@H](Sc1nc(=O)cc(N)n1-c1cccc(C)c1)C(=O)Nc1ccc(S(N)(=O)=O)cc1. The molecule has 1 heterocycles. The maximum atomic E-state index is 12.9. The number of hydrogen-bond donors (Lipinski definition) is 3. The van der Waals surface area contributed by atoms with Crippen molar-refractivity contribution in [2.75, 3.05) is 11.1 Å². The predicted molar refractivity (Wildman–Crippen MR) is 125 cm³/mol. The van der Waals surface area contributed by atoms with Gasteiger partial charge in [-0.25, -0.2) is 13.6 Å². The molecule has 0 saturated heterocycles. The molecule has 0 spiro atoms. The Morgan fingerprint density at radius 3 is 2.47 bits per heavy atom. The van der Waals surface area contributed by atoms with E-state index in [9.17, 15) is 18.0 Å². The van der Waals surface area contributed by atoms with Crippen molar-refractivity contribution in [1.82, 2.24) is 9.55 Å². The zero-order chi connectivity index (χ0) is 23.5. The number of thioether (sulfide) groups is 1. The smallest absolute Gasteiger partial charge is 0.275 e. The molecule has 9 nitrogen and oxygen atoms in total. The van der Waals surface area contributed by atoms with Crippen molar-refractivity contribution in [3.63, 3.8) is 0 Å². The number of nitrogens with zero attached hydrogens (tertiary/aromatic N) is 2. The summed E-state index contributed by atoms with van der Waals surface area (Å²) in [7, 11) is -3.82. The lowest BCUT2D eigenvalue weighted by Gasteiger charge is -2.19. The van der Waals surface area contributed by atoms with E-state index >= 15 is 0 Å². The number of primary sulfonamides is 1. The summed E-state index contributed by atoms with van der Waals surface area (Å²) in [4.78, 5) is 28.9. The number of amides is 1. The summed E-state index contributed by atoms with van der Waals surface area (Å²) in [6.07, 6.45) is 0.449. The Balaban J connectivity index is 1.88. The quantitative estimate of drug-likeness (QED) is 0.352. The molecular weight excluding hydrogens is 450 g/mol. The molecule has 0 aliphatic heterocycles. The van der Waals surface area contributed by atoms with E-state index in [1.165, 1.54) is 30.3 Å². The van der Waals surface area contributed by atoms with Crippen molar-refractivity contribution in [3.8, 4) is 5.69 Å². The molecule has 3 aromatic rings. The molecule has 0 saturated carbocycles. The normalized spacial score (nSPS) is 12.3. The topological polar surface area (TPSA) is 150 Å². The monoisotopic (exact) mass is 473 g/mol. The Labute approximate surface area is 189 Å². The largest absolute Gasteiger partial charge is 0.385 e. The standard InChI is InChI=1S/C21H23N5O4S2/c1-3-17(20(28)24-14-7-9-16(10-8-14)32(23,29)30)31-21-25-19(27)12-18(22)26(21)15-6-4-5-13(2)11-15/h4-12,17H,3,22H2,1-2H3,(H,24,28)(H2,23,29,30)/t17-/m0/s1. The van der Waals surface area contributed by atoms with Crippen molar-refractivity contribution in [2.45, 2.75) is 35.6 Å². The Morgan fingerprint density at radius 2 is 1.88 bits per heavy atom. The van der Waals surface area contributed by atoms with Crippen molar-refractivity contribution >= 4 is 39.2 Å². The van der Waals surface area contributed by atoms with E-state index in [0.29, 0.717) is 17.3 Å². The van der Waals surface area contributed by atoms with E-state index in [1.54, 1.807) is 4.57 Å². The summed E-state index contributed by atoms with van der Waals surface area (Å²) < 4.78 is 24.4. The molecule has 11 heteroatoms. The lowest BCUT2D eigenvalue weighted by molar-refractivity contribution is -0.115. The molecule has 168 valence electrons. The summed E-state index contributed by atoms with van der Waals surface area (Å²) >= 11 is 1.12. The minimum absolute atomic E-state index is 0.0527. The van der Waals surface area contributed by atoms with E-state index in [0.717, 1.165) is 23.0 Å². The van der Waals surface area contributed by atoms with Gasteiger partial charge in [-0.2, -0.15) is 4.98 Å². The van der Waals surface area contributed by atoms with Crippen molar-refractivity contribution in [1.29, 1.82) is 0 Å². The van der Waals surface area contributed by atoms with Gasteiger partial charge in [-0.05, 0) is 55.3 Å². The zero-order valence-electron chi connectivity index (χ0n) is 17.5. The first kappa shape index (κ1) is 23.5. The number of nitrogens with one attached hydrogen (secondary N) is 1. The van der Waals surface area contributed by atoms with E-state index in [4.69, 9.17) is 10.9 Å². The lowest BCUT2D eigenvalue weighted by atomic mass is 10.2. The van der Waals surface area contributed by atoms with Crippen LogP contribution in [-0.2, 0) is 14.8 Å². The van der Waals surface area contributed by atoms with Crippen LogP contribution in [-0.4, -0.2) is 29.1 Å². The van der Waals surface area contributed by atoms with Crippen LogP contribution in [0.25, 0.3) is 5.69 Å². The van der Waals surface area contributed by atoms with Gasteiger partial charge >= 0.3 is 0 Å². The first-order chi connectivity index (χ1) is 15.1. The van der Waals surface area contributed by atoms with E-state index in [1.807, 2.05) is 38.1 Å². The number of aromatic nitrogens is 2. The molecular formula is C21H23N5O4S2. The van der Waals surface area contributed by atoms with Crippen LogP contribution in [0.15, 0.2) is 69.4 Å². The summed E-state index contributed by atoms with van der Waals surface area (Å²) in [6, 6.07) is 14.3. The third-order valence-corrected chi connectivity index (χ3v) is 6.79. The van der Waals surface area contributed by atoms with Crippen molar-refractivity contribution < 1.29 is 13.2 Å². The highest BCUT2D eigenvalue weighted by Crippen LogP contribution is 2.28. The second kappa shape index (κ2) is 9.55. The van der Waals surface area contributed by atoms with Gasteiger partial charge in [0.25, 0.3) is 5.56 Å². The second-order valence-electron chi connectivity index (χ2n) is 7.05. The average molecular weight is 474 g/mol. The van der Waals surface area contributed by atoms with E-state index < -0.39 is 20.8 Å². The molecule has 3 rings (SSSR count). The van der Waals surface area contributed by atoms with E-state index in [-0.39, 0.29) is 16.6 Å². The number of nitrogen functional groups attached to an aromatic ring is 1. The fourth-order valence-electron chi connectivity index (χ4n) is 2.98. The van der Waals surface area contributed by atoms with Crippen molar-refractivity contribution in [2.24, 2.45) is 5.14 Å². The van der Waals surface area contributed by atoms with Crippen LogP contribution < -0.4 is 21.7 Å². The van der Waals surface area contributed by atoms with E-state index in [2.05, 4.69) is 10.3 Å². The molecule has 1 amide bonds. The molecule has 32 heavy (non-hydrogen) atoms. The van der Waals surface area contributed by atoms with Gasteiger partial charge in [-0.15, -0.1) is 0 Å². The van der Waals surface area contributed by atoms with Crippen LogP contribution in [0.2, 0.25) is 0 Å². The van der Waals surface area contributed by atoms with Crippen molar-refractivity contribution in [3.05, 3.63) is 70.5 Å². The Hall–Kier alpha value is -3.15. The van der Waals surface area contributed by atoms with Gasteiger partial charge in [-0.3, -0.25) is 14.2 Å². The Kier molecular flexibility index (Phi) is 7.02. The fraction of sp³-hybridized carbons (Fsp3) is 0.190. The molecule has 0 unspecified atom stereocenters. The fourth-order valence-corrected chi connectivity index (χ4v) is 4.55. The Bertz CT molecular complexity index is 1300. The van der Waals surface area contributed by atoms with Crippen LogP contribution in [0.4, 0.5) is 11.5 Å². The minimum atomic E-state index is -3.82. The minimum Gasteiger partial charge on any atom is -0.385 e.